The predicted molar refractivity (Wildman–Crippen MR) is 120 cm³/mol. The van der Waals surface area contributed by atoms with Crippen LogP contribution in [0.4, 0.5) is 5.69 Å². The Morgan fingerprint density at radius 1 is 1.16 bits per heavy atom. The number of rotatable bonds is 8. The molecule has 2 aromatic carbocycles. The number of morpholine rings is 1. The smallest absolute Gasteiger partial charge is 0.262 e. The number of nitrogens with zero attached hydrogens (tertiary/aromatic N) is 1. The fraction of sp³-hybridized carbons (Fsp3) is 0.435. The number of benzene rings is 2. The highest BCUT2D eigenvalue weighted by atomic mass is 32.2. The highest BCUT2D eigenvalue weighted by Gasteiger charge is 2.28. The largest absolute Gasteiger partial charge is 0.484 e. The summed E-state index contributed by atoms with van der Waals surface area (Å²) in [5.74, 6) is 0.730. The van der Waals surface area contributed by atoms with Crippen molar-refractivity contribution in [2.45, 2.75) is 38.0 Å². The van der Waals surface area contributed by atoms with Crippen LogP contribution in [0.2, 0.25) is 0 Å². The summed E-state index contributed by atoms with van der Waals surface area (Å²) in [6.45, 7) is 7.28. The zero-order chi connectivity index (χ0) is 22.4. The molecule has 0 bridgehead atoms. The van der Waals surface area contributed by atoms with Crippen molar-refractivity contribution in [1.29, 1.82) is 0 Å². The van der Waals surface area contributed by atoms with Gasteiger partial charge in [0.2, 0.25) is 10.0 Å². The predicted octanol–water partition coefficient (Wildman–Crippen LogP) is 3.55. The fourth-order valence-corrected chi connectivity index (χ4v) is 5.01. The van der Waals surface area contributed by atoms with E-state index in [-0.39, 0.29) is 17.4 Å². The number of hydrogen-bond donors (Lipinski definition) is 1. The monoisotopic (exact) mass is 446 g/mol. The number of ether oxygens (including phenoxy) is 2. The minimum atomic E-state index is -3.65. The second-order valence-corrected chi connectivity index (χ2v) is 9.62. The maximum atomic E-state index is 13.0. The number of nitrogens with one attached hydrogen (secondary N) is 1. The third-order valence-electron chi connectivity index (χ3n) is 5.49. The summed E-state index contributed by atoms with van der Waals surface area (Å²) in [6, 6.07) is 12.6. The van der Waals surface area contributed by atoms with Crippen molar-refractivity contribution in [1.82, 2.24) is 4.31 Å². The first-order valence-electron chi connectivity index (χ1n) is 10.5. The van der Waals surface area contributed by atoms with E-state index in [4.69, 9.17) is 9.47 Å². The van der Waals surface area contributed by atoms with Crippen LogP contribution in [-0.4, -0.2) is 51.5 Å². The number of amides is 1. The topological polar surface area (TPSA) is 84.9 Å². The molecule has 1 aliphatic heterocycles. The lowest BCUT2D eigenvalue weighted by atomic mass is 9.99. The zero-order valence-corrected chi connectivity index (χ0v) is 19.1. The van der Waals surface area contributed by atoms with E-state index in [0.29, 0.717) is 49.2 Å². The van der Waals surface area contributed by atoms with Crippen LogP contribution in [0.25, 0.3) is 0 Å². The summed E-state index contributed by atoms with van der Waals surface area (Å²) in [7, 11) is -3.65. The van der Waals surface area contributed by atoms with Crippen LogP contribution >= 0.6 is 0 Å². The van der Waals surface area contributed by atoms with Crippen LogP contribution in [0.5, 0.6) is 5.75 Å². The van der Waals surface area contributed by atoms with E-state index in [9.17, 15) is 13.2 Å². The van der Waals surface area contributed by atoms with E-state index >= 15 is 0 Å². The van der Waals surface area contributed by atoms with Gasteiger partial charge in [0, 0.05) is 18.8 Å². The first-order chi connectivity index (χ1) is 14.8. The fourth-order valence-electron chi connectivity index (χ4n) is 3.36. The maximum Gasteiger partial charge on any atom is 0.262 e. The molecule has 1 heterocycles. The zero-order valence-electron chi connectivity index (χ0n) is 18.3. The van der Waals surface area contributed by atoms with E-state index in [1.165, 1.54) is 15.9 Å². The first kappa shape index (κ1) is 23.2. The number of carbonyl (C=O) groups is 1. The number of sulfonamides is 1. The normalized spacial score (nSPS) is 16.0. The van der Waals surface area contributed by atoms with Gasteiger partial charge in [0.1, 0.15) is 5.75 Å². The van der Waals surface area contributed by atoms with Crippen LogP contribution in [0, 0.1) is 6.92 Å². The molecule has 31 heavy (non-hydrogen) atoms. The summed E-state index contributed by atoms with van der Waals surface area (Å²) in [6.07, 6.45) is 1.06. The Kier molecular flexibility index (Phi) is 7.69. The Hall–Kier alpha value is -2.42. The van der Waals surface area contributed by atoms with Crippen molar-refractivity contribution in [2.75, 3.05) is 38.2 Å². The van der Waals surface area contributed by atoms with Gasteiger partial charge in [-0.05, 0) is 54.7 Å². The molecule has 1 saturated heterocycles. The van der Waals surface area contributed by atoms with Gasteiger partial charge in [-0.2, -0.15) is 4.31 Å². The molecular weight excluding hydrogens is 416 g/mol. The highest BCUT2D eigenvalue weighted by Crippen LogP contribution is 2.25. The standard InChI is InChI=1S/C23H30N2O5S/c1-4-17(2)19-6-9-21(10-7-19)30-16-23(26)24-20-8-5-18(3)22(15-20)31(27,28)25-11-13-29-14-12-25/h5-10,15,17H,4,11-14,16H2,1-3H3,(H,24,26). The number of hydrogen-bond acceptors (Lipinski definition) is 5. The minimum Gasteiger partial charge on any atom is -0.484 e. The van der Waals surface area contributed by atoms with Gasteiger partial charge in [0.15, 0.2) is 6.61 Å². The summed E-state index contributed by atoms with van der Waals surface area (Å²) >= 11 is 0. The Labute approximate surface area is 184 Å². The van der Waals surface area contributed by atoms with Crippen molar-refractivity contribution >= 4 is 21.6 Å². The molecule has 2 aromatic rings. The molecule has 1 aliphatic rings. The van der Waals surface area contributed by atoms with Crippen LogP contribution in [0.1, 0.15) is 37.3 Å². The van der Waals surface area contributed by atoms with Gasteiger partial charge in [-0.15, -0.1) is 0 Å². The van der Waals surface area contributed by atoms with Crippen molar-refractivity contribution in [3.63, 3.8) is 0 Å². The van der Waals surface area contributed by atoms with Crippen molar-refractivity contribution in [3.05, 3.63) is 53.6 Å². The van der Waals surface area contributed by atoms with Crippen molar-refractivity contribution in [3.8, 4) is 5.75 Å². The Morgan fingerprint density at radius 2 is 1.84 bits per heavy atom. The van der Waals surface area contributed by atoms with E-state index < -0.39 is 10.0 Å². The number of aryl methyl sites for hydroxylation is 1. The second kappa shape index (κ2) is 10.3. The van der Waals surface area contributed by atoms with Crippen molar-refractivity contribution in [2.24, 2.45) is 0 Å². The van der Waals surface area contributed by atoms with Gasteiger partial charge in [-0.3, -0.25) is 4.79 Å². The number of anilines is 1. The van der Waals surface area contributed by atoms with Gasteiger partial charge in [0.25, 0.3) is 5.91 Å². The molecule has 1 unspecified atom stereocenters. The Morgan fingerprint density at radius 3 is 2.48 bits per heavy atom. The van der Waals surface area contributed by atoms with Gasteiger partial charge in [0.05, 0.1) is 18.1 Å². The van der Waals surface area contributed by atoms with Crippen molar-refractivity contribution < 1.29 is 22.7 Å². The van der Waals surface area contributed by atoms with Gasteiger partial charge in [-0.25, -0.2) is 8.42 Å². The third kappa shape index (κ3) is 5.84. The summed E-state index contributed by atoms with van der Waals surface area (Å²) in [5.41, 5.74) is 2.27. The molecule has 1 fully saturated rings. The van der Waals surface area contributed by atoms with E-state index in [0.717, 1.165) is 6.42 Å². The minimum absolute atomic E-state index is 0.165. The molecule has 168 valence electrons. The molecule has 1 atom stereocenters. The van der Waals surface area contributed by atoms with Crippen LogP contribution in [-0.2, 0) is 19.6 Å². The SMILES string of the molecule is CCC(C)c1ccc(OCC(=O)Nc2ccc(C)c(S(=O)(=O)N3CCOCC3)c2)cc1. The molecule has 0 spiro atoms. The van der Waals surface area contributed by atoms with Crippen LogP contribution < -0.4 is 10.1 Å². The summed E-state index contributed by atoms with van der Waals surface area (Å²) < 4.78 is 38.2. The molecule has 7 nitrogen and oxygen atoms in total. The highest BCUT2D eigenvalue weighted by molar-refractivity contribution is 7.89. The molecule has 0 aromatic heterocycles. The molecular formula is C23H30N2O5S. The lowest BCUT2D eigenvalue weighted by Crippen LogP contribution is -2.40. The molecule has 8 heteroatoms. The van der Waals surface area contributed by atoms with Crippen LogP contribution in [0.15, 0.2) is 47.4 Å². The number of carbonyl (C=O) groups excluding carboxylic acids is 1. The molecule has 1 N–H and O–H groups in total. The molecule has 0 aliphatic carbocycles. The lowest BCUT2D eigenvalue weighted by Gasteiger charge is -2.26. The molecule has 0 saturated carbocycles. The quantitative estimate of drug-likeness (QED) is 0.670. The third-order valence-corrected chi connectivity index (χ3v) is 7.53. The summed E-state index contributed by atoms with van der Waals surface area (Å²) in [4.78, 5) is 12.5. The second-order valence-electron chi connectivity index (χ2n) is 7.71. The first-order valence-corrected chi connectivity index (χ1v) is 12.0. The molecule has 3 rings (SSSR count). The average molecular weight is 447 g/mol. The Bertz CT molecular complexity index is 999. The molecule has 1 amide bonds. The lowest BCUT2D eigenvalue weighted by molar-refractivity contribution is -0.118. The van der Waals surface area contributed by atoms with E-state index in [1.54, 1.807) is 19.1 Å². The van der Waals surface area contributed by atoms with E-state index in [2.05, 4.69) is 19.2 Å². The van der Waals surface area contributed by atoms with Crippen LogP contribution in [0.3, 0.4) is 0 Å². The molecule has 0 radical (unpaired) electrons. The Balaban J connectivity index is 1.63. The average Bonchev–Trinajstić information content (AvgIpc) is 2.79. The van der Waals surface area contributed by atoms with Gasteiger partial charge < -0.3 is 14.8 Å². The van der Waals surface area contributed by atoms with E-state index in [1.807, 2.05) is 24.3 Å². The summed E-state index contributed by atoms with van der Waals surface area (Å²) in [5, 5.41) is 2.72. The van der Waals surface area contributed by atoms with Gasteiger partial charge in [-0.1, -0.05) is 32.0 Å². The maximum absolute atomic E-state index is 13.0. The van der Waals surface area contributed by atoms with Gasteiger partial charge >= 0.3 is 0 Å².